The highest BCUT2D eigenvalue weighted by atomic mass is 16.4. The van der Waals surface area contributed by atoms with Gasteiger partial charge in [-0.25, -0.2) is 0 Å². The minimum absolute atomic E-state index is 0.507. The third-order valence-electron chi connectivity index (χ3n) is 2.41. The molecule has 17 heavy (non-hydrogen) atoms. The third kappa shape index (κ3) is 3.55. The van der Waals surface area contributed by atoms with Gasteiger partial charge in [-0.05, 0) is 24.5 Å². The normalized spacial score (nSPS) is 10.4. The zero-order valence-electron chi connectivity index (χ0n) is 9.89. The van der Waals surface area contributed by atoms with Crippen LogP contribution in [0.3, 0.4) is 0 Å². The molecule has 5 heteroatoms. The van der Waals surface area contributed by atoms with Crippen molar-refractivity contribution in [3.63, 3.8) is 0 Å². The SMILES string of the molecule is CCc1nnc(NCCCc2cccnc2)o1. The Bertz CT molecular complexity index is 441. The number of aromatic nitrogens is 3. The van der Waals surface area contributed by atoms with Gasteiger partial charge in [0.2, 0.25) is 5.89 Å². The molecule has 0 saturated carbocycles. The average molecular weight is 232 g/mol. The fraction of sp³-hybridized carbons (Fsp3) is 0.417. The Morgan fingerprint density at radius 1 is 1.35 bits per heavy atom. The van der Waals surface area contributed by atoms with E-state index in [1.165, 1.54) is 5.56 Å². The Hall–Kier alpha value is -1.91. The van der Waals surface area contributed by atoms with Gasteiger partial charge >= 0.3 is 6.01 Å². The van der Waals surface area contributed by atoms with Crippen molar-refractivity contribution in [3.05, 3.63) is 36.0 Å². The summed E-state index contributed by atoms with van der Waals surface area (Å²) in [4.78, 5) is 4.07. The maximum atomic E-state index is 5.34. The molecule has 0 radical (unpaired) electrons. The van der Waals surface area contributed by atoms with Gasteiger partial charge in [0.25, 0.3) is 0 Å². The molecule has 2 aromatic heterocycles. The fourth-order valence-electron chi connectivity index (χ4n) is 1.50. The quantitative estimate of drug-likeness (QED) is 0.772. The van der Waals surface area contributed by atoms with Crippen LogP contribution in [0.25, 0.3) is 0 Å². The zero-order chi connectivity index (χ0) is 11.9. The van der Waals surface area contributed by atoms with Crippen LogP contribution in [0, 0.1) is 0 Å². The summed E-state index contributed by atoms with van der Waals surface area (Å²) < 4.78 is 5.34. The number of hydrogen-bond acceptors (Lipinski definition) is 5. The number of hydrogen-bond donors (Lipinski definition) is 1. The van der Waals surface area contributed by atoms with E-state index in [1.54, 1.807) is 6.20 Å². The standard InChI is InChI=1S/C12H16N4O/c1-2-11-15-16-12(17-11)14-8-4-6-10-5-3-7-13-9-10/h3,5,7,9H,2,4,6,8H2,1H3,(H,14,16). The fourth-order valence-corrected chi connectivity index (χ4v) is 1.50. The number of rotatable bonds is 6. The van der Waals surface area contributed by atoms with Gasteiger partial charge in [0.15, 0.2) is 0 Å². The first-order valence-electron chi connectivity index (χ1n) is 5.83. The number of nitrogens with zero attached hydrogens (tertiary/aromatic N) is 3. The highest BCUT2D eigenvalue weighted by Crippen LogP contribution is 2.06. The zero-order valence-corrected chi connectivity index (χ0v) is 9.89. The second kappa shape index (κ2) is 5.98. The molecule has 2 heterocycles. The molecule has 0 atom stereocenters. The smallest absolute Gasteiger partial charge is 0.315 e. The summed E-state index contributed by atoms with van der Waals surface area (Å²) in [6.07, 6.45) is 6.45. The Balaban J connectivity index is 1.69. The van der Waals surface area contributed by atoms with Crippen LogP contribution in [-0.2, 0) is 12.8 Å². The molecule has 0 fully saturated rings. The number of pyridine rings is 1. The van der Waals surface area contributed by atoms with Crippen LogP contribution in [0.15, 0.2) is 28.9 Å². The summed E-state index contributed by atoms with van der Waals surface area (Å²) in [6, 6.07) is 4.54. The minimum atomic E-state index is 0.507. The molecular formula is C12H16N4O. The molecule has 0 bridgehead atoms. The molecule has 1 N–H and O–H groups in total. The van der Waals surface area contributed by atoms with Crippen LogP contribution in [0.5, 0.6) is 0 Å². The molecular weight excluding hydrogens is 216 g/mol. The summed E-state index contributed by atoms with van der Waals surface area (Å²) >= 11 is 0. The summed E-state index contributed by atoms with van der Waals surface area (Å²) in [7, 11) is 0. The average Bonchev–Trinajstić information content (AvgIpc) is 2.84. The molecule has 0 aliphatic heterocycles. The second-order valence-corrected chi connectivity index (χ2v) is 3.75. The van der Waals surface area contributed by atoms with Gasteiger partial charge in [-0.15, -0.1) is 5.10 Å². The Kier molecular flexibility index (Phi) is 4.07. The van der Waals surface area contributed by atoms with Gasteiger partial charge in [-0.3, -0.25) is 4.98 Å². The minimum Gasteiger partial charge on any atom is -0.408 e. The summed E-state index contributed by atoms with van der Waals surface area (Å²) in [5, 5.41) is 10.9. The molecule has 0 saturated heterocycles. The highest BCUT2D eigenvalue weighted by Gasteiger charge is 2.02. The van der Waals surface area contributed by atoms with Crippen LogP contribution < -0.4 is 5.32 Å². The monoisotopic (exact) mass is 232 g/mol. The van der Waals surface area contributed by atoms with Crippen molar-refractivity contribution in [1.82, 2.24) is 15.2 Å². The van der Waals surface area contributed by atoms with E-state index < -0.39 is 0 Å². The van der Waals surface area contributed by atoms with Crippen LogP contribution in [0.1, 0.15) is 24.8 Å². The molecule has 5 nitrogen and oxygen atoms in total. The summed E-state index contributed by atoms with van der Waals surface area (Å²) in [5.41, 5.74) is 1.24. The summed E-state index contributed by atoms with van der Waals surface area (Å²) in [5.74, 6) is 0.666. The van der Waals surface area contributed by atoms with Gasteiger partial charge in [0.1, 0.15) is 0 Å². The summed E-state index contributed by atoms with van der Waals surface area (Å²) in [6.45, 7) is 2.81. The Labute approximate surface area is 100 Å². The van der Waals surface area contributed by atoms with E-state index >= 15 is 0 Å². The van der Waals surface area contributed by atoms with Crippen LogP contribution >= 0.6 is 0 Å². The molecule has 0 unspecified atom stereocenters. The van der Waals surface area contributed by atoms with Crippen molar-refractivity contribution >= 4 is 6.01 Å². The largest absolute Gasteiger partial charge is 0.408 e. The molecule has 90 valence electrons. The van der Waals surface area contributed by atoms with E-state index in [9.17, 15) is 0 Å². The van der Waals surface area contributed by atoms with Crippen molar-refractivity contribution in [2.24, 2.45) is 0 Å². The molecule has 2 rings (SSSR count). The number of nitrogens with one attached hydrogen (secondary N) is 1. The van der Waals surface area contributed by atoms with Crippen molar-refractivity contribution in [2.45, 2.75) is 26.2 Å². The van der Waals surface area contributed by atoms with E-state index in [4.69, 9.17) is 4.42 Å². The van der Waals surface area contributed by atoms with Gasteiger partial charge in [0.05, 0.1) is 0 Å². The van der Waals surface area contributed by atoms with Gasteiger partial charge in [0, 0.05) is 25.4 Å². The highest BCUT2D eigenvalue weighted by molar-refractivity contribution is 5.17. The lowest BCUT2D eigenvalue weighted by Gasteiger charge is -2.01. The molecule has 0 aliphatic carbocycles. The lowest BCUT2D eigenvalue weighted by atomic mass is 10.2. The Morgan fingerprint density at radius 2 is 2.29 bits per heavy atom. The van der Waals surface area contributed by atoms with E-state index in [2.05, 4.69) is 26.6 Å². The molecule has 0 spiro atoms. The second-order valence-electron chi connectivity index (χ2n) is 3.75. The van der Waals surface area contributed by atoms with Crippen molar-refractivity contribution < 1.29 is 4.42 Å². The van der Waals surface area contributed by atoms with Crippen LogP contribution in [0.4, 0.5) is 6.01 Å². The topological polar surface area (TPSA) is 63.8 Å². The first-order chi connectivity index (χ1) is 8.38. The maximum absolute atomic E-state index is 5.34. The number of anilines is 1. The molecule has 0 amide bonds. The molecule has 0 aromatic carbocycles. The molecule has 2 aromatic rings. The van der Waals surface area contributed by atoms with Crippen LogP contribution in [-0.4, -0.2) is 21.7 Å². The predicted molar refractivity (Wildman–Crippen MR) is 64.7 cm³/mol. The van der Waals surface area contributed by atoms with Crippen molar-refractivity contribution in [2.75, 3.05) is 11.9 Å². The maximum Gasteiger partial charge on any atom is 0.315 e. The van der Waals surface area contributed by atoms with Crippen LogP contribution in [0.2, 0.25) is 0 Å². The van der Waals surface area contributed by atoms with Gasteiger partial charge in [-0.1, -0.05) is 18.1 Å². The van der Waals surface area contributed by atoms with Crippen molar-refractivity contribution in [3.8, 4) is 0 Å². The van der Waals surface area contributed by atoms with E-state index in [-0.39, 0.29) is 0 Å². The Morgan fingerprint density at radius 3 is 3.00 bits per heavy atom. The third-order valence-corrected chi connectivity index (χ3v) is 2.41. The lowest BCUT2D eigenvalue weighted by Crippen LogP contribution is -2.03. The first kappa shape index (κ1) is 11.6. The van der Waals surface area contributed by atoms with E-state index in [0.717, 1.165) is 25.8 Å². The van der Waals surface area contributed by atoms with Gasteiger partial charge in [-0.2, -0.15) is 0 Å². The van der Waals surface area contributed by atoms with E-state index in [1.807, 2.05) is 19.2 Å². The molecule has 0 aliphatic rings. The first-order valence-corrected chi connectivity index (χ1v) is 5.83. The lowest BCUT2D eigenvalue weighted by molar-refractivity contribution is 0.511. The van der Waals surface area contributed by atoms with E-state index in [0.29, 0.717) is 11.9 Å². The number of aryl methyl sites for hydroxylation is 2. The predicted octanol–water partition coefficient (Wildman–Crippen LogP) is 2.07. The van der Waals surface area contributed by atoms with Gasteiger partial charge < -0.3 is 9.73 Å². The van der Waals surface area contributed by atoms with Crippen molar-refractivity contribution in [1.29, 1.82) is 0 Å².